The third kappa shape index (κ3) is 3.41. The van der Waals surface area contributed by atoms with Crippen molar-refractivity contribution < 1.29 is 8.42 Å². The molecule has 2 aromatic rings. The molecule has 0 radical (unpaired) electrons. The van der Waals surface area contributed by atoms with Gasteiger partial charge in [0, 0.05) is 45.8 Å². The smallest absolute Gasteiger partial charge is 0.281 e. The average Bonchev–Trinajstić information content (AvgIpc) is 3.19. The van der Waals surface area contributed by atoms with Crippen LogP contribution in [0.2, 0.25) is 0 Å². The Balaban J connectivity index is 1.63. The van der Waals surface area contributed by atoms with E-state index in [1.165, 1.54) is 8.61 Å². The Morgan fingerprint density at radius 2 is 2.13 bits per heavy atom. The SMILES string of the molecule is CN(C)S(=O)(=O)N1CC[C@@H](Cc2cnc(-c3ncc[nH]3)cn2)C1. The summed E-state index contributed by atoms with van der Waals surface area (Å²) in [6.07, 6.45) is 8.41. The molecule has 1 saturated heterocycles. The number of aromatic nitrogens is 4. The molecule has 8 nitrogen and oxygen atoms in total. The quantitative estimate of drug-likeness (QED) is 0.860. The molecule has 3 rings (SSSR count). The zero-order valence-electron chi connectivity index (χ0n) is 13.2. The van der Waals surface area contributed by atoms with Crippen molar-refractivity contribution >= 4 is 10.2 Å². The predicted octanol–water partition coefficient (Wildman–Crippen LogP) is 0.537. The minimum Gasteiger partial charge on any atom is -0.343 e. The Hall–Kier alpha value is -1.84. The second-order valence-corrected chi connectivity index (χ2v) is 7.98. The molecule has 9 heteroatoms. The van der Waals surface area contributed by atoms with Crippen LogP contribution in [0.5, 0.6) is 0 Å². The first-order chi connectivity index (χ1) is 11.0. The highest BCUT2D eigenvalue weighted by atomic mass is 32.2. The monoisotopic (exact) mass is 336 g/mol. The fourth-order valence-corrected chi connectivity index (χ4v) is 3.89. The number of hydrogen-bond acceptors (Lipinski definition) is 5. The van der Waals surface area contributed by atoms with Crippen molar-refractivity contribution in [1.82, 2.24) is 28.5 Å². The van der Waals surface area contributed by atoms with Crippen LogP contribution in [0.1, 0.15) is 12.1 Å². The minimum absolute atomic E-state index is 0.272. The molecule has 23 heavy (non-hydrogen) atoms. The number of H-pyrrole nitrogens is 1. The van der Waals surface area contributed by atoms with Crippen LogP contribution in [-0.2, 0) is 16.6 Å². The lowest BCUT2D eigenvalue weighted by atomic mass is 10.0. The first-order valence-corrected chi connectivity index (χ1v) is 8.85. The summed E-state index contributed by atoms with van der Waals surface area (Å²) >= 11 is 0. The average molecular weight is 336 g/mol. The van der Waals surface area contributed by atoms with Crippen molar-refractivity contribution in [2.75, 3.05) is 27.2 Å². The molecule has 1 aliphatic rings. The van der Waals surface area contributed by atoms with E-state index >= 15 is 0 Å². The molecule has 2 aromatic heterocycles. The van der Waals surface area contributed by atoms with Crippen LogP contribution < -0.4 is 0 Å². The van der Waals surface area contributed by atoms with E-state index in [-0.39, 0.29) is 5.92 Å². The lowest BCUT2D eigenvalue weighted by Crippen LogP contribution is -2.38. The fourth-order valence-electron chi connectivity index (χ4n) is 2.69. The third-order valence-corrected chi connectivity index (χ3v) is 5.89. The van der Waals surface area contributed by atoms with E-state index in [4.69, 9.17) is 0 Å². The van der Waals surface area contributed by atoms with Crippen molar-refractivity contribution in [3.63, 3.8) is 0 Å². The van der Waals surface area contributed by atoms with Crippen molar-refractivity contribution in [3.8, 4) is 11.5 Å². The van der Waals surface area contributed by atoms with Gasteiger partial charge in [0.25, 0.3) is 10.2 Å². The van der Waals surface area contributed by atoms with E-state index in [2.05, 4.69) is 19.9 Å². The summed E-state index contributed by atoms with van der Waals surface area (Å²) in [4.78, 5) is 15.9. The van der Waals surface area contributed by atoms with Crippen LogP contribution >= 0.6 is 0 Å². The Bertz CT molecular complexity index is 742. The van der Waals surface area contributed by atoms with Crippen molar-refractivity contribution in [1.29, 1.82) is 0 Å². The number of aromatic amines is 1. The van der Waals surface area contributed by atoms with Crippen LogP contribution in [-0.4, -0.2) is 64.1 Å². The Labute approximate surface area is 135 Å². The molecule has 3 heterocycles. The normalized spacial score (nSPS) is 19.5. The number of nitrogens with one attached hydrogen (secondary N) is 1. The molecule has 1 atom stereocenters. The fraction of sp³-hybridized carbons (Fsp3) is 0.500. The lowest BCUT2D eigenvalue weighted by molar-refractivity contribution is 0.409. The van der Waals surface area contributed by atoms with Crippen molar-refractivity contribution in [2.45, 2.75) is 12.8 Å². The highest BCUT2D eigenvalue weighted by Gasteiger charge is 2.32. The van der Waals surface area contributed by atoms with E-state index in [1.54, 1.807) is 38.9 Å². The van der Waals surface area contributed by atoms with E-state index in [0.29, 0.717) is 24.6 Å². The Morgan fingerprint density at radius 1 is 1.30 bits per heavy atom. The maximum atomic E-state index is 12.1. The van der Waals surface area contributed by atoms with Gasteiger partial charge in [-0.3, -0.25) is 4.98 Å². The van der Waals surface area contributed by atoms with Crippen LogP contribution in [0.3, 0.4) is 0 Å². The lowest BCUT2D eigenvalue weighted by Gasteiger charge is -2.20. The molecular formula is C14H20N6O2S. The second-order valence-electron chi connectivity index (χ2n) is 5.84. The van der Waals surface area contributed by atoms with Gasteiger partial charge in [-0.15, -0.1) is 0 Å². The number of hydrogen-bond donors (Lipinski definition) is 1. The molecule has 0 unspecified atom stereocenters. The maximum absolute atomic E-state index is 12.1. The van der Waals surface area contributed by atoms with E-state index in [1.807, 2.05) is 0 Å². The second kappa shape index (κ2) is 6.34. The molecule has 1 fully saturated rings. The molecule has 0 saturated carbocycles. The van der Waals surface area contributed by atoms with Gasteiger partial charge in [-0.1, -0.05) is 0 Å². The standard InChI is InChI=1S/C14H20N6O2S/c1-19(2)23(21,22)20-6-3-11(10-20)7-12-8-18-13(9-17-12)14-15-4-5-16-14/h4-5,8-9,11H,3,6-7,10H2,1-2H3,(H,15,16)/t11-/m0/s1. The molecule has 1 N–H and O–H groups in total. The van der Waals surface area contributed by atoms with E-state index in [9.17, 15) is 8.42 Å². The van der Waals surface area contributed by atoms with Crippen molar-refractivity contribution in [2.24, 2.45) is 5.92 Å². The molecular weight excluding hydrogens is 316 g/mol. The summed E-state index contributed by atoms with van der Waals surface area (Å²) in [5.41, 5.74) is 1.57. The van der Waals surface area contributed by atoms with E-state index in [0.717, 1.165) is 18.5 Å². The topological polar surface area (TPSA) is 95.1 Å². The van der Waals surface area contributed by atoms with Gasteiger partial charge in [0.2, 0.25) is 0 Å². The number of rotatable bonds is 5. The molecule has 1 aliphatic heterocycles. The summed E-state index contributed by atoms with van der Waals surface area (Å²) in [7, 11) is -0.206. The van der Waals surface area contributed by atoms with Gasteiger partial charge in [-0.05, 0) is 18.8 Å². The molecule has 0 aromatic carbocycles. The summed E-state index contributed by atoms with van der Waals surface area (Å²) in [5.74, 6) is 0.960. The van der Waals surface area contributed by atoms with Crippen LogP contribution in [0.15, 0.2) is 24.8 Å². The van der Waals surface area contributed by atoms with E-state index < -0.39 is 10.2 Å². The molecule has 0 amide bonds. The molecule has 0 aliphatic carbocycles. The van der Waals surface area contributed by atoms with Gasteiger partial charge in [0.1, 0.15) is 5.69 Å². The third-order valence-electron chi connectivity index (χ3n) is 3.98. The first kappa shape index (κ1) is 16.0. The number of imidazole rings is 1. The van der Waals surface area contributed by atoms with Crippen LogP contribution in [0.4, 0.5) is 0 Å². The predicted molar refractivity (Wildman–Crippen MR) is 85.6 cm³/mol. The van der Waals surface area contributed by atoms with Crippen LogP contribution in [0.25, 0.3) is 11.5 Å². The molecule has 124 valence electrons. The Kier molecular flexibility index (Phi) is 4.42. The Morgan fingerprint density at radius 3 is 2.74 bits per heavy atom. The highest BCUT2D eigenvalue weighted by molar-refractivity contribution is 7.86. The summed E-state index contributed by atoms with van der Waals surface area (Å²) in [6.45, 7) is 1.09. The van der Waals surface area contributed by atoms with Gasteiger partial charge in [-0.25, -0.2) is 9.97 Å². The number of nitrogens with zero attached hydrogens (tertiary/aromatic N) is 5. The summed E-state index contributed by atoms with van der Waals surface area (Å²) in [5, 5.41) is 0. The van der Waals surface area contributed by atoms with Gasteiger partial charge >= 0.3 is 0 Å². The largest absolute Gasteiger partial charge is 0.343 e. The maximum Gasteiger partial charge on any atom is 0.281 e. The highest BCUT2D eigenvalue weighted by Crippen LogP contribution is 2.23. The van der Waals surface area contributed by atoms with Crippen molar-refractivity contribution in [3.05, 3.63) is 30.5 Å². The zero-order chi connectivity index (χ0) is 16.4. The first-order valence-electron chi connectivity index (χ1n) is 7.45. The van der Waals surface area contributed by atoms with Gasteiger partial charge < -0.3 is 4.98 Å². The van der Waals surface area contributed by atoms with Gasteiger partial charge in [0.15, 0.2) is 5.82 Å². The summed E-state index contributed by atoms with van der Waals surface area (Å²) < 4.78 is 27.0. The van der Waals surface area contributed by atoms with Gasteiger partial charge in [0.05, 0.1) is 11.9 Å². The zero-order valence-corrected chi connectivity index (χ0v) is 14.0. The van der Waals surface area contributed by atoms with Gasteiger partial charge in [-0.2, -0.15) is 17.0 Å². The summed E-state index contributed by atoms with van der Waals surface area (Å²) in [6, 6.07) is 0. The molecule has 0 bridgehead atoms. The minimum atomic E-state index is -3.32. The molecule has 0 spiro atoms. The van der Waals surface area contributed by atoms with Crippen LogP contribution in [0, 0.1) is 5.92 Å².